The predicted molar refractivity (Wildman–Crippen MR) is 395 cm³/mol. The number of unbranched alkanes of at least 4 members (excludes halogenated alkanes) is 47. The maximum Gasteiger partial charge on any atom is 0.472 e. The third kappa shape index (κ3) is 72.2. The first-order valence-electron chi connectivity index (χ1n) is 40.5. The highest BCUT2D eigenvalue weighted by atomic mass is 31.2. The molecule has 17 nitrogen and oxygen atoms in total. The maximum atomic E-state index is 13.1. The van der Waals surface area contributed by atoms with E-state index in [1.54, 1.807) is 0 Å². The van der Waals surface area contributed by atoms with Crippen LogP contribution in [-0.2, 0) is 65.4 Å². The average molecular weight is 1420 g/mol. The van der Waals surface area contributed by atoms with E-state index in [-0.39, 0.29) is 25.7 Å². The topological polar surface area (TPSA) is 237 Å². The smallest absolute Gasteiger partial charge is 0.462 e. The van der Waals surface area contributed by atoms with Crippen LogP contribution < -0.4 is 0 Å². The van der Waals surface area contributed by atoms with Crippen LogP contribution in [0.4, 0.5) is 0 Å². The number of carbonyl (C=O) groups is 4. The van der Waals surface area contributed by atoms with Crippen molar-refractivity contribution in [1.29, 1.82) is 0 Å². The minimum Gasteiger partial charge on any atom is -0.462 e. The fourth-order valence-corrected chi connectivity index (χ4v) is 13.6. The van der Waals surface area contributed by atoms with E-state index in [9.17, 15) is 43.2 Å². The van der Waals surface area contributed by atoms with Crippen molar-refractivity contribution in [3.05, 3.63) is 0 Å². The Morgan fingerprint density at radius 1 is 0.278 bits per heavy atom. The van der Waals surface area contributed by atoms with Gasteiger partial charge in [0.1, 0.15) is 19.3 Å². The Labute approximate surface area is 594 Å². The van der Waals surface area contributed by atoms with E-state index in [0.717, 1.165) is 108 Å². The fraction of sp³-hybridized carbons (Fsp3) is 0.949. The lowest BCUT2D eigenvalue weighted by Gasteiger charge is -2.21. The van der Waals surface area contributed by atoms with Crippen LogP contribution in [0.3, 0.4) is 0 Å². The van der Waals surface area contributed by atoms with Crippen molar-refractivity contribution in [2.24, 2.45) is 11.8 Å². The molecule has 0 saturated heterocycles. The highest BCUT2D eigenvalue weighted by Crippen LogP contribution is 2.45. The van der Waals surface area contributed by atoms with Gasteiger partial charge in [0, 0.05) is 25.7 Å². The van der Waals surface area contributed by atoms with Gasteiger partial charge >= 0.3 is 39.5 Å². The first kappa shape index (κ1) is 95.1. The molecule has 0 rings (SSSR count). The van der Waals surface area contributed by atoms with Crippen molar-refractivity contribution in [2.75, 3.05) is 39.6 Å². The summed E-state index contributed by atoms with van der Waals surface area (Å²) in [4.78, 5) is 72.8. The van der Waals surface area contributed by atoms with E-state index in [4.69, 9.17) is 37.0 Å². The number of phosphoric ester groups is 2. The van der Waals surface area contributed by atoms with Gasteiger partial charge in [0.05, 0.1) is 26.4 Å². The Morgan fingerprint density at radius 2 is 0.474 bits per heavy atom. The number of aliphatic hydroxyl groups excluding tert-OH is 1. The van der Waals surface area contributed by atoms with Crippen molar-refractivity contribution in [3.63, 3.8) is 0 Å². The summed E-state index contributed by atoms with van der Waals surface area (Å²) in [7, 11) is -9.91. The summed E-state index contributed by atoms with van der Waals surface area (Å²) in [5, 5.41) is 10.6. The molecule has 0 amide bonds. The molecule has 3 N–H and O–H groups in total. The standard InChI is InChI=1S/C78H152O17P2/c1-7-9-11-13-15-17-18-19-20-21-22-23-24-27-33-38-44-50-56-62-77(82)95-74(67-89-76(81)61-55-49-43-37-32-28-25-26-30-35-40-46-52-58-70(3)4)69-93-97(86,87)91-65-72(79)64-90-96(84,85)92-68-73(66-88-75(80)60-54-48-42-16-14-12-10-8-2)94-78(83)63-57-51-45-39-34-29-31-36-41-47-53-59-71(5)6/h70-74,79H,7-69H2,1-6H3,(H,84,85)(H,86,87)/t72-,73+,74+/m0/s1. The average Bonchev–Trinajstić information content (AvgIpc) is 1.45. The highest BCUT2D eigenvalue weighted by molar-refractivity contribution is 7.47. The molecule has 0 bridgehead atoms. The highest BCUT2D eigenvalue weighted by Gasteiger charge is 2.30. The van der Waals surface area contributed by atoms with Crippen LogP contribution in [0, 0.1) is 11.8 Å². The molecule has 0 aromatic carbocycles. The first-order chi connectivity index (χ1) is 46.9. The largest absolute Gasteiger partial charge is 0.472 e. The van der Waals surface area contributed by atoms with Gasteiger partial charge in [0.25, 0.3) is 0 Å². The third-order valence-corrected chi connectivity index (χ3v) is 20.1. The summed E-state index contributed by atoms with van der Waals surface area (Å²) in [5.41, 5.74) is 0. The summed E-state index contributed by atoms with van der Waals surface area (Å²) >= 11 is 0. The van der Waals surface area contributed by atoms with Crippen molar-refractivity contribution in [3.8, 4) is 0 Å². The van der Waals surface area contributed by atoms with Crippen molar-refractivity contribution in [1.82, 2.24) is 0 Å². The Morgan fingerprint density at radius 3 is 0.701 bits per heavy atom. The molecular weight excluding hydrogens is 1270 g/mol. The molecule has 19 heteroatoms. The number of phosphoric acid groups is 2. The normalized spacial score (nSPS) is 14.0. The van der Waals surface area contributed by atoms with E-state index >= 15 is 0 Å². The monoisotopic (exact) mass is 1420 g/mol. The van der Waals surface area contributed by atoms with Gasteiger partial charge in [-0.25, -0.2) is 9.13 Å². The second-order valence-electron chi connectivity index (χ2n) is 29.1. The molecule has 0 heterocycles. The van der Waals surface area contributed by atoms with E-state index in [0.29, 0.717) is 25.7 Å². The van der Waals surface area contributed by atoms with Gasteiger partial charge in [-0.1, -0.05) is 356 Å². The summed E-state index contributed by atoms with van der Waals surface area (Å²) in [5.74, 6) is -0.558. The van der Waals surface area contributed by atoms with Gasteiger partial charge in [0.2, 0.25) is 0 Å². The van der Waals surface area contributed by atoms with E-state index < -0.39 is 97.5 Å². The molecule has 0 spiro atoms. The molecule has 97 heavy (non-hydrogen) atoms. The lowest BCUT2D eigenvalue weighted by molar-refractivity contribution is -0.161. The molecule has 0 fully saturated rings. The van der Waals surface area contributed by atoms with Gasteiger partial charge in [-0.2, -0.15) is 0 Å². The number of esters is 4. The lowest BCUT2D eigenvalue weighted by atomic mass is 10.0. The Balaban J connectivity index is 5.21. The van der Waals surface area contributed by atoms with E-state index in [1.807, 2.05) is 0 Å². The molecule has 5 atom stereocenters. The zero-order valence-corrected chi connectivity index (χ0v) is 65.2. The number of carbonyl (C=O) groups excluding carboxylic acids is 4. The number of hydrogen-bond donors (Lipinski definition) is 3. The summed E-state index contributed by atoms with van der Waals surface area (Å²) < 4.78 is 68.5. The Bertz CT molecular complexity index is 1870. The van der Waals surface area contributed by atoms with Crippen LogP contribution in [-0.4, -0.2) is 96.7 Å². The van der Waals surface area contributed by atoms with Crippen LogP contribution in [0.5, 0.6) is 0 Å². The summed E-state index contributed by atoms with van der Waals surface area (Å²) in [6.45, 7) is 9.61. The molecule has 0 aliphatic heterocycles. The molecule has 0 aromatic heterocycles. The Kier molecular flexibility index (Phi) is 68.4. The SMILES string of the molecule is CCCCCCCCCCCCCCCCCCCCCC(=O)O[C@H](COC(=O)CCCCCCCCCCCCCCCC(C)C)COP(=O)(O)OC[C@@H](O)COP(=O)(O)OC[C@@H](COC(=O)CCCCCCCCCC)OC(=O)CCCCCCCCCCCCCC(C)C. The van der Waals surface area contributed by atoms with Gasteiger partial charge in [-0.3, -0.25) is 37.3 Å². The molecule has 0 saturated carbocycles. The van der Waals surface area contributed by atoms with Gasteiger partial charge < -0.3 is 33.8 Å². The summed E-state index contributed by atoms with van der Waals surface area (Å²) in [6, 6.07) is 0. The van der Waals surface area contributed by atoms with Crippen LogP contribution in [0.2, 0.25) is 0 Å². The molecule has 0 aliphatic rings. The minimum atomic E-state index is -4.96. The van der Waals surface area contributed by atoms with Crippen LogP contribution in [0.1, 0.15) is 408 Å². The minimum absolute atomic E-state index is 0.106. The van der Waals surface area contributed by atoms with Crippen molar-refractivity contribution >= 4 is 39.5 Å². The summed E-state index contributed by atoms with van der Waals surface area (Å²) in [6.07, 6.45) is 58.3. The van der Waals surface area contributed by atoms with E-state index in [1.165, 1.54) is 218 Å². The molecule has 0 aromatic rings. The zero-order valence-electron chi connectivity index (χ0n) is 63.4. The van der Waals surface area contributed by atoms with Crippen LogP contribution in [0.25, 0.3) is 0 Å². The number of rotatable bonds is 77. The number of aliphatic hydroxyl groups is 1. The predicted octanol–water partition coefficient (Wildman–Crippen LogP) is 23.1. The zero-order chi connectivity index (χ0) is 71.4. The second-order valence-corrected chi connectivity index (χ2v) is 32.0. The molecule has 0 aliphatic carbocycles. The molecular formula is C78H152O17P2. The Hall–Kier alpha value is -1.94. The van der Waals surface area contributed by atoms with Crippen LogP contribution in [0.15, 0.2) is 0 Å². The number of hydrogen-bond acceptors (Lipinski definition) is 15. The van der Waals surface area contributed by atoms with Gasteiger partial charge in [-0.15, -0.1) is 0 Å². The molecule has 576 valence electrons. The van der Waals surface area contributed by atoms with E-state index in [2.05, 4.69) is 41.5 Å². The second kappa shape index (κ2) is 69.8. The maximum absolute atomic E-state index is 13.1. The first-order valence-corrected chi connectivity index (χ1v) is 43.5. The quantitative estimate of drug-likeness (QED) is 0.0222. The third-order valence-electron chi connectivity index (χ3n) is 18.2. The van der Waals surface area contributed by atoms with Crippen LogP contribution >= 0.6 is 15.6 Å². The molecule has 0 radical (unpaired) electrons. The van der Waals surface area contributed by atoms with Crippen molar-refractivity contribution < 1.29 is 80.2 Å². The van der Waals surface area contributed by atoms with Crippen molar-refractivity contribution in [2.45, 2.75) is 426 Å². The van der Waals surface area contributed by atoms with Gasteiger partial charge in [0.15, 0.2) is 12.2 Å². The number of ether oxygens (including phenoxy) is 4. The lowest BCUT2D eigenvalue weighted by Crippen LogP contribution is -2.30. The fourth-order valence-electron chi connectivity index (χ4n) is 12.0. The molecule has 2 unspecified atom stereocenters. The van der Waals surface area contributed by atoms with Gasteiger partial charge in [-0.05, 0) is 37.5 Å².